The monoisotopic (exact) mass is 299 g/mol. The van der Waals surface area contributed by atoms with Crippen LogP contribution in [0, 0.1) is 13.8 Å². The Kier molecular flexibility index (Phi) is 3.31. The molecule has 1 aromatic carbocycles. The third-order valence-electron chi connectivity index (χ3n) is 3.13. The Balaban J connectivity index is 2.19. The van der Waals surface area contributed by atoms with E-state index in [1.165, 1.54) is 11.3 Å². The number of rotatable bonds is 3. The van der Waals surface area contributed by atoms with Gasteiger partial charge in [0.15, 0.2) is 0 Å². The number of fused-ring (bicyclic) bond motifs is 1. The average molecular weight is 299 g/mol. The number of nitrogens with one attached hydrogen (secondary N) is 1. The number of benzene rings is 1. The molecule has 3 aromatic rings. The lowest BCUT2D eigenvalue weighted by Gasteiger charge is -2.08. The van der Waals surface area contributed by atoms with E-state index in [1.807, 2.05) is 30.3 Å². The first-order valence-electron chi connectivity index (χ1n) is 6.39. The average Bonchev–Trinajstić information content (AvgIpc) is 2.77. The van der Waals surface area contributed by atoms with Crippen molar-refractivity contribution < 1.29 is 9.90 Å². The van der Waals surface area contributed by atoms with Gasteiger partial charge in [-0.05, 0) is 31.5 Å². The lowest BCUT2D eigenvalue weighted by Crippen LogP contribution is -1.99. The number of carboxylic acids is 1. The van der Waals surface area contributed by atoms with Gasteiger partial charge in [-0.1, -0.05) is 18.2 Å². The number of thiophene rings is 1. The zero-order chi connectivity index (χ0) is 15.0. The summed E-state index contributed by atoms with van der Waals surface area (Å²) in [6.45, 7) is 3.59. The molecule has 21 heavy (non-hydrogen) atoms. The zero-order valence-corrected chi connectivity index (χ0v) is 12.4. The van der Waals surface area contributed by atoms with Crippen molar-refractivity contribution in [2.75, 3.05) is 5.32 Å². The highest BCUT2D eigenvalue weighted by atomic mass is 32.1. The Morgan fingerprint density at radius 3 is 2.57 bits per heavy atom. The fourth-order valence-corrected chi connectivity index (χ4v) is 3.26. The SMILES string of the molecule is Cc1nc(Nc2ccccc2)c2c(C)c(C(=O)O)sc2n1. The molecule has 0 fully saturated rings. The largest absolute Gasteiger partial charge is 0.477 e. The van der Waals surface area contributed by atoms with Crippen LogP contribution in [0.5, 0.6) is 0 Å². The van der Waals surface area contributed by atoms with Gasteiger partial charge < -0.3 is 10.4 Å². The van der Waals surface area contributed by atoms with Crippen LogP contribution in [0.4, 0.5) is 11.5 Å². The molecule has 2 N–H and O–H groups in total. The van der Waals surface area contributed by atoms with Crippen LogP contribution < -0.4 is 5.32 Å². The summed E-state index contributed by atoms with van der Waals surface area (Å²) in [5.41, 5.74) is 1.60. The van der Waals surface area contributed by atoms with Crippen molar-refractivity contribution in [1.82, 2.24) is 9.97 Å². The molecule has 0 saturated heterocycles. The molecule has 2 aromatic heterocycles. The van der Waals surface area contributed by atoms with E-state index in [9.17, 15) is 9.90 Å². The third kappa shape index (κ3) is 2.45. The van der Waals surface area contributed by atoms with Crippen LogP contribution in [0.3, 0.4) is 0 Å². The molecule has 0 aliphatic carbocycles. The lowest BCUT2D eigenvalue weighted by atomic mass is 10.2. The highest BCUT2D eigenvalue weighted by Crippen LogP contribution is 2.34. The van der Waals surface area contributed by atoms with E-state index in [1.54, 1.807) is 13.8 Å². The number of hydrogen-bond donors (Lipinski definition) is 2. The topological polar surface area (TPSA) is 75.1 Å². The minimum absolute atomic E-state index is 0.306. The van der Waals surface area contributed by atoms with Gasteiger partial charge in [0.1, 0.15) is 21.3 Å². The molecule has 0 unspecified atom stereocenters. The molecule has 0 bridgehead atoms. The Bertz CT molecular complexity index is 828. The van der Waals surface area contributed by atoms with Crippen LogP contribution in [-0.2, 0) is 0 Å². The van der Waals surface area contributed by atoms with Crippen LogP contribution in [0.15, 0.2) is 30.3 Å². The van der Waals surface area contributed by atoms with Crippen molar-refractivity contribution in [3.8, 4) is 0 Å². The molecular formula is C15H13N3O2S. The summed E-state index contributed by atoms with van der Waals surface area (Å²) in [6, 6.07) is 9.66. The molecule has 0 amide bonds. The van der Waals surface area contributed by atoms with Crippen molar-refractivity contribution >= 4 is 39.0 Å². The van der Waals surface area contributed by atoms with Gasteiger partial charge in [0, 0.05) is 5.69 Å². The Morgan fingerprint density at radius 1 is 1.19 bits per heavy atom. The Hall–Kier alpha value is -2.47. The maximum Gasteiger partial charge on any atom is 0.346 e. The van der Waals surface area contributed by atoms with Crippen molar-refractivity contribution in [1.29, 1.82) is 0 Å². The highest BCUT2D eigenvalue weighted by Gasteiger charge is 2.19. The van der Waals surface area contributed by atoms with Gasteiger partial charge in [-0.25, -0.2) is 14.8 Å². The predicted octanol–water partition coefficient (Wildman–Crippen LogP) is 3.75. The first-order valence-corrected chi connectivity index (χ1v) is 7.21. The second-order valence-corrected chi connectivity index (χ2v) is 5.65. The maximum absolute atomic E-state index is 11.3. The number of aromatic nitrogens is 2. The first-order chi connectivity index (χ1) is 10.1. The summed E-state index contributed by atoms with van der Waals surface area (Å²) >= 11 is 1.18. The summed E-state index contributed by atoms with van der Waals surface area (Å²) < 4.78 is 0. The number of carbonyl (C=O) groups is 1. The Labute approximate surface area is 125 Å². The normalized spacial score (nSPS) is 10.8. The van der Waals surface area contributed by atoms with Crippen LogP contribution in [0.2, 0.25) is 0 Å². The van der Waals surface area contributed by atoms with Crippen molar-refractivity contribution in [3.63, 3.8) is 0 Å². The van der Waals surface area contributed by atoms with E-state index in [4.69, 9.17) is 0 Å². The molecule has 2 heterocycles. The van der Waals surface area contributed by atoms with Crippen molar-refractivity contribution in [2.24, 2.45) is 0 Å². The molecule has 5 nitrogen and oxygen atoms in total. The maximum atomic E-state index is 11.3. The minimum Gasteiger partial charge on any atom is -0.477 e. The van der Waals surface area contributed by atoms with E-state index in [0.717, 1.165) is 11.1 Å². The number of carboxylic acid groups (broad SMARTS) is 1. The zero-order valence-electron chi connectivity index (χ0n) is 11.5. The number of anilines is 2. The molecule has 3 rings (SSSR count). The van der Waals surface area contributed by atoms with E-state index in [2.05, 4.69) is 15.3 Å². The summed E-state index contributed by atoms with van der Waals surface area (Å²) in [4.78, 5) is 21.1. The van der Waals surface area contributed by atoms with Crippen LogP contribution in [-0.4, -0.2) is 21.0 Å². The third-order valence-corrected chi connectivity index (χ3v) is 4.31. The molecule has 0 spiro atoms. The van der Waals surface area contributed by atoms with Gasteiger partial charge in [-0.3, -0.25) is 0 Å². The fourth-order valence-electron chi connectivity index (χ4n) is 2.20. The lowest BCUT2D eigenvalue weighted by molar-refractivity contribution is 0.0701. The molecular weight excluding hydrogens is 286 g/mol. The fraction of sp³-hybridized carbons (Fsp3) is 0.133. The number of aryl methyl sites for hydroxylation is 2. The first kappa shape index (κ1) is 13.5. The van der Waals surface area contributed by atoms with Crippen molar-refractivity contribution in [2.45, 2.75) is 13.8 Å². The second-order valence-electron chi connectivity index (χ2n) is 4.65. The molecule has 0 atom stereocenters. The van der Waals surface area contributed by atoms with E-state index in [0.29, 0.717) is 26.9 Å². The second kappa shape index (κ2) is 5.14. The van der Waals surface area contributed by atoms with Gasteiger partial charge in [0.05, 0.1) is 5.39 Å². The molecule has 0 radical (unpaired) electrons. The summed E-state index contributed by atoms with van der Waals surface area (Å²) in [6.07, 6.45) is 0. The number of para-hydroxylation sites is 1. The van der Waals surface area contributed by atoms with Gasteiger partial charge in [0.2, 0.25) is 0 Å². The standard InChI is InChI=1S/C15H13N3O2S/c1-8-11-13(18-10-6-4-3-5-7-10)16-9(2)17-14(11)21-12(8)15(19)20/h3-7H,1-2H3,(H,19,20)(H,16,17,18). The quantitative estimate of drug-likeness (QED) is 0.770. The van der Waals surface area contributed by atoms with Crippen molar-refractivity contribution in [3.05, 3.63) is 46.6 Å². The van der Waals surface area contributed by atoms with Gasteiger partial charge in [0.25, 0.3) is 0 Å². The van der Waals surface area contributed by atoms with Crippen LogP contribution >= 0.6 is 11.3 Å². The smallest absolute Gasteiger partial charge is 0.346 e. The summed E-state index contributed by atoms with van der Waals surface area (Å²) in [5, 5.41) is 13.3. The van der Waals surface area contributed by atoms with Crippen LogP contribution in [0.25, 0.3) is 10.2 Å². The van der Waals surface area contributed by atoms with Crippen LogP contribution in [0.1, 0.15) is 21.1 Å². The molecule has 0 aliphatic rings. The molecule has 106 valence electrons. The van der Waals surface area contributed by atoms with Gasteiger partial charge in [-0.15, -0.1) is 11.3 Å². The highest BCUT2D eigenvalue weighted by molar-refractivity contribution is 7.20. The predicted molar refractivity (Wildman–Crippen MR) is 83.6 cm³/mol. The van der Waals surface area contributed by atoms with E-state index in [-0.39, 0.29) is 0 Å². The molecule has 0 saturated carbocycles. The summed E-state index contributed by atoms with van der Waals surface area (Å²) in [7, 11) is 0. The number of hydrogen-bond acceptors (Lipinski definition) is 5. The van der Waals surface area contributed by atoms with E-state index >= 15 is 0 Å². The van der Waals surface area contributed by atoms with E-state index < -0.39 is 5.97 Å². The van der Waals surface area contributed by atoms with Gasteiger partial charge >= 0.3 is 5.97 Å². The molecule has 6 heteroatoms. The molecule has 0 aliphatic heterocycles. The Morgan fingerprint density at radius 2 is 1.90 bits per heavy atom. The van der Waals surface area contributed by atoms with Gasteiger partial charge in [-0.2, -0.15) is 0 Å². The minimum atomic E-state index is -0.932. The number of nitrogens with zero attached hydrogens (tertiary/aromatic N) is 2. The summed E-state index contributed by atoms with van der Waals surface area (Å²) in [5.74, 6) is 0.322. The number of aromatic carboxylic acids is 1.